The number of rotatable bonds is 1. The fraction of sp³-hybridized carbons (Fsp3) is 0.333. The summed E-state index contributed by atoms with van der Waals surface area (Å²) in [5.74, 6) is -1.06. The number of benzene rings is 1. The summed E-state index contributed by atoms with van der Waals surface area (Å²) < 4.78 is 36.6. The van der Waals surface area contributed by atoms with Crippen LogP contribution in [-0.4, -0.2) is 13.2 Å². The number of ether oxygens (including phenoxy) is 2. The molecule has 1 saturated heterocycles. The molecular weight excluding hydrogens is 258 g/mol. The number of hydrogen-bond acceptors (Lipinski definition) is 2. The smallest absolute Gasteiger partial charge is 0.186 e. The number of hydrogen-bond donors (Lipinski definition) is 0. The minimum atomic E-state index is -0.780. The van der Waals surface area contributed by atoms with E-state index < -0.39 is 17.9 Å². The molecule has 76 valence electrons. The van der Waals surface area contributed by atoms with Gasteiger partial charge in [0.05, 0.1) is 17.7 Å². The zero-order chi connectivity index (χ0) is 10.1. The van der Waals surface area contributed by atoms with Crippen LogP contribution in [0.15, 0.2) is 16.6 Å². The van der Waals surface area contributed by atoms with Crippen molar-refractivity contribution < 1.29 is 18.3 Å². The average Bonchev–Trinajstić information content (AvgIpc) is 2.64. The predicted molar refractivity (Wildman–Crippen MR) is 48.7 cm³/mol. The topological polar surface area (TPSA) is 18.5 Å². The Kier molecular flexibility index (Phi) is 2.80. The summed E-state index contributed by atoms with van der Waals surface area (Å²) in [4.78, 5) is 0. The molecular formula is C9H7BrF2O2. The minimum absolute atomic E-state index is 0.0942. The highest BCUT2D eigenvalue weighted by molar-refractivity contribution is 9.10. The molecule has 0 spiro atoms. The minimum Gasteiger partial charge on any atom is -0.346 e. The highest BCUT2D eigenvalue weighted by Crippen LogP contribution is 2.29. The Balaban J connectivity index is 2.37. The fourth-order valence-electron chi connectivity index (χ4n) is 1.26. The van der Waals surface area contributed by atoms with E-state index >= 15 is 0 Å². The van der Waals surface area contributed by atoms with Crippen LogP contribution in [0, 0.1) is 11.6 Å². The van der Waals surface area contributed by atoms with Gasteiger partial charge in [-0.3, -0.25) is 0 Å². The molecule has 2 rings (SSSR count). The normalized spacial score (nSPS) is 17.6. The molecule has 1 aromatic rings. The lowest BCUT2D eigenvalue weighted by atomic mass is 10.2. The first kappa shape index (κ1) is 10.0. The Morgan fingerprint density at radius 1 is 1.14 bits per heavy atom. The Hall–Kier alpha value is -0.520. The van der Waals surface area contributed by atoms with Crippen molar-refractivity contribution in [2.45, 2.75) is 6.29 Å². The second-order valence-electron chi connectivity index (χ2n) is 2.86. The van der Waals surface area contributed by atoms with Gasteiger partial charge in [0.15, 0.2) is 6.29 Å². The molecule has 1 aliphatic heterocycles. The molecule has 1 aliphatic rings. The maximum atomic E-state index is 13.3. The zero-order valence-electron chi connectivity index (χ0n) is 7.10. The van der Waals surface area contributed by atoms with E-state index in [2.05, 4.69) is 15.9 Å². The molecule has 0 atom stereocenters. The van der Waals surface area contributed by atoms with Crippen LogP contribution in [0.4, 0.5) is 8.78 Å². The maximum Gasteiger partial charge on any atom is 0.186 e. The van der Waals surface area contributed by atoms with E-state index in [0.29, 0.717) is 13.2 Å². The highest BCUT2D eigenvalue weighted by atomic mass is 79.9. The molecule has 0 saturated carbocycles. The summed E-state index contributed by atoms with van der Waals surface area (Å²) in [5.41, 5.74) is 0.100. The Bertz CT molecular complexity index is 351. The van der Waals surface area contributed by atoms with Crippen molar-refractivity contribution in [3.63, 3.8) is 0 Å². The lowest BCUT2D eigenvalue weighted by molar-refractivity contribution is -0.0466. The van der Waals surface area contributed by atoms with Crippen LogP contribution in [0.3, 0.4) is 0 Å². The first-order valence-electron chi connectivity index (χ1n) is 4.06. The van der Waals surface area contributed by atoms with Gasteiger partial charge in [0.2, 0.25) is 0 Å². The van der Waals surface area contributed by atoms with Crippen LogP contribution in [0.5, 0.6) is 0 Å². The zero-order valence-corrected chi connectivity index (χ0v) is 8.68. The second-order valence-corrected chi connectivity index (χ2v) is 3.72. The molecule has 1 heterocycles. The monoisotopic (exact) mass is 264 g/mol. The highest BCUT2D eigenvalue weighted by Gasteiger charge is 2.23. The molecule has 0 unspecified atom stereocenters. The van der Waals surface area contributed by atoms with E-state index in [1.807, 2.05) is 0 Å². The molecule has 1 fully saturated rings. The van der Waals surface area contributed by atoms with Gasteiger partial charge in [0.25, 0.3) is 0 Å². The van der Waals surface area contributed by atoms with Crippen molar-refractivity contribution in [2.75, 3.05) is 13.2 Å². The van der Waals surface area contributed by atoms with Gasteiger partial charge in [-0.05, 0) is 28.1 Å². The quantitative estimate of drug-likeness (QED) is 0.727. The van der Waals surface area contributed by atoms with Gasteiger partial charge >= 0.3 is 0 Å². The molecule has 0 radical (unpaired) electrons. The number of halogens is 3. The second kappa shape index (κ2) is 3.92. The van der Waals surface area contributed by atoms with Crippen molar-refractivity contribution in [3.8, 4) is 0 Å². The van der Waals surface area contributed by atoms with E-state index in [1.54, 1.807) is 0 Å². The molecule has 0 N–H and O–H groups in total. The maximum absolute atomic E-state index is 13.3. The molecule has 0 aliphatic carbocycles. The molecule has 2 nitrogen and oxygen atoms in total. The van der Waals surface area contributed by atoms with Crippen LogP contribution >= 0.6 is 15.9 Å². The van der Waals surface area contributed by atoms with Gasteiger partial charge in [-0.2, -0.15) is 0 Å². The van der Waals surface area contributed by atoms with Gasteiger partial charge in [0.1, 0.15) is 11.6 Å². The van der Waals surface area contributed by atoms with Gasteiger partial charge in [-0.25, -0.2) is 8.78 Å². The molecule has 0 bridgehead atoms. The lowest BCUT2D eigenvalue weighted by Gasteiger charge is -2.10. The lowest BCUT2D eigenvalue weighted by Crippen LogP contribution is -2.02. The third-order valence-corrected chi connectivity index (χ3v) is 2.52. The molecule has 1 aromatic carbocycles. The summed E-state index contributed by atoms with van der Waals surface area (Å²) in [6.07, 6.45) is -0.780. The standard InChI is InChI=1S/C9H7BrF2O2/c10-6-4-7(11)5(3-8(6)12)9-13-1-2-14-9/h3-4,9H,1-2H2. The van der Waals surface area contributed by atoms with Crippen molar-refractivity contribution in [2.24, 2.45) is 0 Å². The summed E-state index contributed by atoms with van der Waals surface area (Å²) in [7, 11) is 0. The Morgan fingerprint density at radius 2 is 1.79 bits per heavy atom. The fourth-order valence-corrected chi connectivity index (χ4v) is 1.57. The van der Waals surface area contributed by atoms with Gasteiger partial charge in [-0.1, -0.05) is 0 Å². The van der Waals surface area contributed by atoms with Gasteiger partial charge in [0, 0.05) is 5.56 Å². The SMILES string of the molecule is Fc1cc(C2OCCO2)c(F)cc1Br. The van der Waals surface area contributed by atoms with Crippen molar-refractivity contribution in [1.29, 1.82) is 0 Å². The van der Waals surface area contributed by atoms with Crippen LogP contribution in [0.2, 0.25) is 0 Å². The van der Waals surface area contributed by atoms with E-state index in [1.165, 1.54) is 0 Å². The van der Waals surface area contributed by atoms with E-state index in [4.69, 9.17) is 9.47 Å². The van der Waals surface area contributed by atoms with E-state index in [9.17, 15) is 8.78 Å². The van der Waals surface area contributed by atoms with Crippen LogP contribution in [0.1, 0.15) is 11.9 Å². The van der Waals surface area contributed by atoms with Crippen molar-refractivity contribution in [1.82, 2.24) is 0 Å². The third kappa shape index (κ3) is 1.80. The Labute approximate surface area is 87.9 Å². The average molecular weight is 265 g/mol. The largest absolute Gasteiger partial charge is 0.346 e. The third-order valence-electron chi connectivity index (χ3n) is 1.92. The van der Waals surface area contributed by atoms with Crippen LogP contribution < -0.4 is 0 Å². The van der Waals surface area contributed by atoms with Crippen LogP contribution in [-0.2, 0) is 9.47 Å². The Morgan fingerprint density at radius 3 is 2.43 bits per heavy atom. The summed E-state index contributed by atoms with van der Waals surface area (Å²) in [6.45, 7) is 0.809. The summed E-state index contributed by atoms with van der Waals surface area (Å²) in [6, 6.07) is 2.14. The van der Waals surface area contributed by atoms with E-state index in [-0.39, 0.29) is 10.0 Å². The first-order chi connectivity index (χ1) is 6.68. The molecule has 0 amide bonds. The molecule has 5 heteroatoms. The molecule has 0 aromatic heterocycles. The van der Waals surface area contributed by atoms with Gasteiger partial charge in [-0.15, -0.1) is 0 Å². The van der Waals surface area contributed by atoms with E-state index in [0.717, 1.165) is 12.1 Å². The van der Waals surface area contributed by atoms with Gasteiger partial charge < -0.3 is 9.47 Å². The van der Waals surface area contributed by atoms with Crippen LogP contribution in [0.25, 0.3) is 0 Å². The van der Waals surface area contributed by atoms with Crippen molar-refractivity contribution in [3.05, 3.63) is 33.8 Å². The first-order valence-corrected chi connectivity index (χ1v) is 4.85. The summed E-state index contributed by atoms with van der Waals surface area (Å²) in [5, 5.41) is 0. The predicted octanol–water partition coefficient (Wildman–Crippen LogP) is 2.77. The van der Waals surface area contributed by atoms with Crippen molar-refractivity contribution >= 4 is 15.9 Å². The molecule has 14 heavy (non-hydrogen) atoms. The summed E-state index contributed by atoms with van der Waals surface area (Å²) >= 11 is 2.89.